The molecule has 0 atom stereocenters. The fourth-order valence-corrected chi connectivity index (χ4v) is 1.68. The maximum atomic E-state index is 11.5. The molecule has 0 aliphatic heterocycles. The Bertz CT molecular complexity index is 493. The van der Waals surface area contributed by atoms with E-state index in [0.717, 1.165) is 6.42 Å². The maximum Gasteiger partial charge on any atom is 0.311 e. The van der Waals surface area contributed by atoms with Crippen molar-refractivity contribution in [1.29, 1.82) is 0 Å². The summed E-state index contributed by atoms with van der Waals surface area (Å²) in [5, 5.41) is 13.6. The molecular weight excluding hydrogens is 264 g/mol. The fourth-order valence-electron chi connectivity index (χ4n) is 1.68. The van der Waals surface area contributed by atoms with Crippen LogP contribution in [0.25, 0.3) is 0 Å². The molecule has 1 rings (SSSR count). The van der Waals surface area contributed by atoms with Gasteiger partial charge in [0.1, 0.15) is 5.82 Å². The van der Waals surface area contributed by atoms with Crippen molar-refractivity contribution in [3.05, 3.63) is 22.2 Å². The molecule has 0 saturated carbocycles. The third-order valence-electron chi connectivity index (χ3n) is 2.61. The quantitative estimate of drug-likeness (QED) is 0.371. The minimum Gasteiger partial charge on any atom is -0.358 e. The molecule has 1 amide bonds. The maximum absolute atomic E-state index is 11.5. The smallest absolute Gasteiger partial charge is 0.311 e. The monoisotopic (exact) mass is 282 g/mol. The molecule has 4 N–H and O–H groups in total. The zero-order chi connectivity index (χ0) is 15.1. The molecule has 1 heterocycles. The van der Waals surface area contributed by atoms with Crippen molar-refractivity contribution in [1.82, 2.24) is 10.3 Å². The van der Waals surface area contributed by atoms with E-state index in [1.54, 1.807) is 4.90 Å². The highest BCUT2D eigenvalue weighted by Crippen LogP contribution is 2.27. The summed E-state index contributed by atoms with van der Waals surface area (Å²) in [5.74, 6) is 5.43. The van der Waals surface area contributed by atoms with E-state index in [2.05, 4.69) is 15.7 Å². The van der Waals surface area contributed by atoms with Gasteiger partial charge in [-0.3, -0.25) is 14.9 Å². The predicted molar refractivity (Wildman–Crippen MR) is 75.3 cm³/mol. The largest absolute Gasteiger partial charge is 0.358 e. The Balaban J connectivity index is 3.21. The van der Waals surface area contributed by atoms with Gasteiger partial charge in [0.05, 0.1) is 11.5 Å². The minimum absolute atomic E-state index is 0.00773. The lowest BCUT2D eigenvalue weighted by atomic mass is 10.3. The Kier molecular flexibility index (Phi) is 5.66. The van der Waals surface area contributed by atoms with Crippen LogP contribution in [-0.4, -0.2) is 36.0 Å². The Hall–Kier alpha value is -2.42. The topological polar surface area (TPSA) is 126 Å². The molecule has 20 heavy (non-hydrogen) atoms. The lowest BCUT2D eigenvalue weighted by Crippen LogP contribution is -2.37. The third-order valence-corrected chi connectivity index (χ3v) is 2.61. The van der Waals surface area contributed by atoms with E-state index in [9.17, 15) is 14.9 Å². The number of anilines is 2. The van der Waals surface area contributed by atoms with E-state index in [1.807, 2.05) is 6.92 Å². The van der Waals surface area contributed by atoms with Crippen molar-refractivity contribution < 1.29 is 9.72 Å². The molecule has 1 aromatic rings. The first-order valence-corrected chi connectivity index (χ1v) is 6.11. The summed E-state index contributed by atoms with van der Waals surface area (Å²) in [5.41, 5.74) is 2.17. The van der Waals surface area contributed by atoms with Gasteiger partial charge in [-0.15, -0.1) is 0 Å². The second kappa shape index (κ2) is 7.24. The SMILES string of the molecule is CCCN(CC(=O)NC)c1nc(NN)ccc1[N+](=O)[O-]. The summed E-state index contributed by atoms with van der Waals surface area (Å²) in [6, 6.07) is 2.72. The third kappa shape index (κ3) is 3.79. The number of carbonyl (C=O) groups excluding carboxylic acids is 1. The molecule has 0 radical (unpaired) electrons. The van der Waals surface area contributed by atoms with Gasteiger partial charge >= 0.3 is 5.69 Å². The number of hydrogen-bond donors (Lipinski definition) is 3. The van der Waals surface area contributed by atoms with Gasteiger partial charge in [0.15, 0.2) is 0 Å². The molecule has 0 unspecified atom stereocenters. The highest BCUT2D eigenvalue weighted by Gasteiger charge is 2.23. The first-order chi connectivity index (χ1) is 9.53. The van der Waals surface area contributed by atoms with Gasteiger partial charge in [0.2, 0.25) is 11.7 Å². The van der Waals surface area contributed by atoms with Crippen LogP contribution in [0.15, 0.2) is 12.1 Å². The predicted octanol–water partition coefficient (Wildman–Crippen LogP) is 0.238. The van der Waals surface area contributed by atoms with Crippen molar-refractivity contribution in [3.8, 4) is 0 Å². The highest BCUT2D eigenvalue weighted by molar-refractivity contribution is 5.81. The number of nitrogens with two attached hydrogens (primary N) is 1. The van der Waals surface area contributed by atoms with Gasteiger partial charge in [-0.05, 0) is 12.5 Å². The number of nitrogen functional groups attached to an aromatic ring is 1. The molecule has 0 spiro atoms. The number of nitrogens with zero attached hydrogens (tertiary/aromatic N) is 3. The number of carbonyl (C=O) groups is 1. The van der Waals surface area contributed by atoms with Crippen molar-refractivity contribution in [2.45, 2.75) is 13.3 Å². The van der Waals surface area contributed by atoms with Crippen LogP contribution in [0.4, 0.5) is 17.3 Å². The van der Waals surface area contributed by atoms with Gasteiger partial charge < -0.3 is 15.6 Å². The van der Waals surface area contributed by atoms with Gasteiger partial charge in [-0.2, -0.15) is 0 Å². The molecular formula is C11H18N6O3. The Morgan fingerprint density at radius 3 is 2.75 bits per heavy atom. The van der Waals surface area contributed by atoms with Crippen LogP contribution < -0.4 is 21.5 Å². The number of pyridine rings is 1. The van der Waals surface area contributed by atoms with E-state index in [1.165, 1.54) is 19.2 Å². The molecule has 110 valence electrons. The van der Waals surface area contributed by atoms with Gasteiger partial charge in [0.25, 0.3) is 0 Å². The van der Waals surface area contributed by atoms with Gasteiger partial charge in [-0.1, -0.05) is 6.92 Å². The Morgan fingerprint density at radius 2 is 2.25 bits per heavy atom. The fraction of sp³-hybridized carbons (Fsp3) is 0.455. The van der Waals surface area contributed by atoms with E-state index >= 15 is 0 Å². The summed E-state index contributed by atoms with van der Waals surface area (Å²) in [6.07, 6.45) is 0.718. The molecule has 0 aliphatic carbocycles. The number of amides is 1. The summed E-state index contributed by atoms with van der Waals surface area (Å²) in [4.78, 5) is 27.7. The van der Waals surface area contributed by atoms with Crippen LogP contribution in [0, 0.1) is 10.1 Å². The molecule has 0 fully saturated rings. The first-order valence-electron chi connectivity index (χ1n) is 6.11. The van der Waals surface area contributed by atoms with E-state index < -0.39 is 4.92 Å². The zero-order valence-electron chi connectivity index (χ0n) is 11.4. The Morgan fingerprint density at radius 1 is 1.55 bits per heavy atom. The molecule has 9 heteroatoms. The lowest BCUT2D eigenvalue weighted by molar-refractivity contribution is -0.384. The van der Waals surface area contributed by atoms with Crippen LogP contribution in [0.1, 0.15) is 13.3 Å². The van der Waals surface area contributed by atoms with Crippen LogP contribution in [0.2, 0.25) is 0 Å². The Labute approximate surface area is 116 Å². The number of likely N-dealkylation sites (N-methyl/N-ethyl adjacent to an activating group) is 1. The standard InChI is InChI=1S/C11H18N6O3/c1-3-6-16(7-10(18)13-2)11-8(17(19)20)4-5-9(14-11)15-12/h4-5H,3,6-7,12H2,1-2H3,(H,13,18)(H,14,15). The number of rotatable bonds is 7. The van der Waals surface area contributed by atoms with Crippen LogP contribution in [0.3, 0.4) is 0 Å². The molecule has 0 saturated heterocycles. The number of nitro groups is 1. The van der Waals surface area contributed by atoms with Crippen molar-refractivity contribution in [3.63, 3.8) is 0 Å². The van der Waals surface area contributed by atoms with Crippen molar-refractivity contribution in [2.75, 3.05) is 30.5 Å². The van der Waals surface area contributed by atoms with E-state index in [4.69, 9.17) is 5.84 Å². The first kappa shape index (κ1) is 15.6. The van der Waals surface area contributed by atoms with Gasteiger partial charge in [0, 0.05) is 19.7 Å². The summed E-state index contributed by atoms with van der Waals surface area (Å²) >= 11 is 0. The van der Waals surface area contributed by atoms with Gasteiger partial charge in [-0.25, -0.2) is 10.8 Å². The van der Waals surface area contributed by atoms with Crippen molar-refractivity contribution >= 4 is 23.2 Å². The number of aromatic nitrogens is 1. The summed E-state index contributed by atoms with van der Waals surface area (Å²) in [7, 11) is 1.51. The lowest BCUT2D eigenvalue weighted by Gasteiger charge is -2.22. The zero-order valence-corrected chi connectivity index (χ0v) is 11.4. The second-order valence-corrected chi connectivity index (χ2v) is 4.04. The van der Waals surface area contributed by atoms with Crippen LogP contribution in [0.5, 0.6) is 0 Å². The van der Waals surface area contributed by atoms with Crippen LogP contribution >= 0.6 is 0 Å². The second-order valence-electron chi connectivity index (χ2n) is 4.04. The van der Waals surface area contributed by atoms with E-state index in [0.29, 0.717) is 12.4 Å². The average Bonchev–Trinajstić information content (AvgIpc) is 2.45. The minimum atomic E-state index is -0.533. The highest BCUT2D eigenvalue weighted by atomic mass is 16.6. The number of hydrazine groups is 1. The molecule has 0 bridgehead atoms. The summed E-state index contributed by atoms with van der Waals surface area (Å²) in [6.45, 7) is 2.37. The van der Waals surface area contributed by atoms with E-state index in [-0.39, 0.29) is 24.0 Å². The molecule has 0 aromatic carbocycles. The van der Waals surface area contributed by atoms with Crippen LogP contribution in [-0.2, 0) is 4.79 Å². The number of hydrogen-bond acceptors (Lipinski definition) is 7. The molecule has 1 aromatic heterocycles. The molecule has 0 aliphatic rings. The summed E-state index contributed by atoms with van der Waals surface area (Å²) < 4.78 is 0. The molecule has 9 nitrogen and oxygen atoms in total. The average molecular weight is 282 g/mol. The normalized spacial score (nSPS) is 9.95. The van der Waals surface area contributed by atoms with Crippen molar-refractivity contribution in [2.24, 2.45) is 5.84 Å². The number of nitrogens with one attached hydrogen (secondary N) is 2.